The molecule has 1 heterocycles. The Hall–Kier alpha value is -3.77. The normalized spacial score (nSPS) is 11.3. The first-order valence-corrected chi connectivity index (χ1v) is 14.5. The monoisotopic (exact) mass is 584 g/mol. The fraction of sp³-hybridized carbons (Fsp3) is 0.0909. The van der Waals surface area contributed by atoms with Crippen molar-refractivity contribution < 1.29 is 9.90 Å². The molecule has 1 aromatic heterocycles. The molecule has 4 aromatic carbocycles. The summed E-state index contributed by atoms with van der Waals surface area (Å²) in [5.41, 5.74) is 6.12. The molecule has 4 nitrogen and oxygen atoms in total. The molecule has 0 aliphatic rings. The number of aromatic carboxylic acids is 1. The number of rotatable bonds is 9. The van der Waals surface area contributed by atoms with Crippen molar-refractivity contribution in [3.63, 3.8) is 0 Å². The summed E-state index contributed by atoms with van der Waals surface area (Å²) in [6, 6.07) is 29.3. The van der Waals surface area contributed by atoms with E-state index in [4.69, 9.17) is 28.2 Å². The zero-order valence-corrected chi connectivity index (χ0v) is 24.0. The first-order chi connectivity index (χ1) is 19.4. The van der Waals surface area contributed by atoms with E-state index in [1.54, 1.807) is 24.3 Å². The van der Waals surface area contributed by atoms with Gasteiger partial charge in [-0.05, 0) is 76.5 Å². The van der Waals surface area contributed by atoms with Crippen molar-refractivity contribution in [3.05, 3.63) is 130 Å². The van der Waals surface area contributed by atoms with Crippen LogP contribution in [-0.4, -0.2) is 26.4 Å². The highest BCUT2D eigenvalue weighted by atomic mass is 35.5. The second-order valence-corrected chi connectivity index (χ2v) is 11.3. The van der Waals surface area contributed by atoms with Gasteiger partial charge < -0.3 is 9.67 Å². The number of thioether (sulfide) groups is 1. The third-order valence-corrected chi connectivity index (χ3v) is 7.84. The molecule has 0 bridgehead atoms. The first-order valence-electron chi connectivity index (χ1n) is 12.8. The fourth-order valence-electron chi connectivity index (χ4n) is 4.33. The van der Waals surface area contributed by atoms with Gasteiger partial charge in [0.15, 0.2) is 0 Å². The highest BCUT2D eigenvalue weighted by Crippen LogP contribution is 2.31. The Morgan fingerprint density at radius 1 is 0.900 bits per heavy atom. The minimum Gasteiger partial charge on any atom is -0.478 e. The summed E-state index contributed by atoms with van der Waals surface area (Å²) in [5, 5.41) is 10.3. The highest BCUT2D eigenvalue weighted by Gasteiger charge is 2.12. The number of hydrogen-bond acceptors (Lipinski definition) is 3. The number of nitrogens with zero attached hydrogens (tertiary/aromatic N) is 2. The molecular formula is C33H26Cl2N2O2S. The lowest BCUT2D eigenvalue weighted by Gasteiger charge is -2.06. The standard InChI is InChI=1S/C33H26Cl2N2O2S/c1-2-40-28-15-12-25(13-16-28)24-8-3-22(4-9-24)7-18-32-36-31(29-17-14-27(34)19-30(29)35)21-37(32)20-23-5-10-26(11-6-23)33(38)39/h3-19,21H,2,20H2,1H3,(H,38,39)/b18-7+. The SMILES string of the molecule is CCSc1ccc(-c2ccc(/C=C/c3nc(-c4ccc(Cl)cc4Cl)cn3Cc3ccc(C(=O)O)cc3)cc2)cc1. The quantitative estimate of drug-likeness (QED) is 0.175. The van der Waals surface area contributed by atoms with Gasteiger partial charge in [0, 0.05) is 28.2 Å². The summed E-state index contributed by atoms with van der Waals surface area (Å²) in [5.74, 6) is 0.858. The van der Waals surface area contributed by atoms with Gasteiger partial charge in [-0.3, -0.25) is 0 Å². The van der Waals surface area contributed by atoms with E-state index >= 15 is 0 Å². The van der Waals surface area contributed by atoms with Crippen LogP contribution in [-0.2, 0) is 6.54 Å². The molecule has 0 aliphatic carbocycles. The number of carboxylic acids is 1. The minimum absolute atomic E-state index is 0.252. The molecule has 0 saturated heterocycles. The maximum atomic E-state index is 11.3. The number of carbonyl (C=O) groups is 1. The average Bonchev–Trinajstić information content (AvgIpc) is 3.35. The Morgan fingerprint density at radius 3 is 2.20 bits per heavy atom. The van der Waals surface area contributed by atoms with Crippen molar-refractivity contribution in [1.82, 2.24) is 9.55 Å². The van der Waals surface area contributed by atoms with Gasteiger partial charge in [-0.2, -0.15) is 0 Å². The zero-order chi connectivity index (χ0) is 28.1. The highest BCUT2D eigenvalue weighted by molar-refractivity contribution is 7.99. The van der Waals surface area contributed by atoms with Crippen LogP contribution in [0.5, 0.6) is 0 Å². The summed E-state index contributed by atoms with van der Waals surface area (Å²) >= 11 is 14.4. The van der Waals surface area contributed by atoms with E-state index in [9.17, 15) is 9.90 Å². The van der Waals surface area contributed by atoms with Crippen LogP contribution in [0.15, 0.2) is 102 Å². The molecule has 5 rings (SSSR count). The van der Waals surface area contributed by atoms with Gasteiger partial charge in [0.05, 0.1) is 16.3 Å². The third-order valence-electron chi connectivity index (χ3n) is 6.40. The topological polar surface area (TPSA) is 55.1 Å². The molecule has 0 amide bonds. The molecule has 5 aromatic rings. The van der Waals surface area contributed by atoms with Crippen LogP contribution in [0, 0.1) is 0 Å². The zero-order valence-electron chi connectivity index (χ0n) is 21.7. The Morgan fingerprint density at radius 2 is 1.57 bits per heavy atom. The smallest absolute Gasteiger partial charge is 0.335 e. The molecule has 0 unspecified atom stereocenters. The maximum Gasteiger partial charge on any atom is 0.335 e. The van der Waals surface area contributed by atoms with Gasteiger partial charge in [-0.25, -0.2) is 9.78 Å². The molecule has 7 heteroatoms. The second-order valence-electron chi connectivity index (χ2n) is 9.15. The fourth-order valence-corrected chi connectivity index (χ4v) is 5.50. The summed E-state index contributed by atoms with van der Waals surface area (Å²) in [4.78, 5) is 17.4. The van der Waals surface area contributed by atoms with E-state index in [-0.39, 0.29) is 5.56 Å². The van der Waals surface area contributed by atoms with E-state index in [0.717, 1.165) is 39.5 Å². The number of halogens is 2. The lowest BCUT2D eigenvalue weighted by atomic mass is 10.0. The summed E-state index contributed by atoms with van der Waals surface area (Å²) < 4.78 is 2.02. The van der Waals surface area contributed by atoms with E-state index in [1.165, 1.54) is 10.5 Å². The van der Waals surface area contributed by atoms with E-state index < -0.39 is 5.97 Å². The Labute approximate surface area is 247 Å². The van der Waals surface area contributed by atoms with Crippen molar-refractivity contribution >= 4 is 53.1 Å². The van der Waals surface area contributed by atoms with Crippen LogP contribution in [0.4, 0.5) is 0 Å². The second kappa shape index (κ2) is 12.6. The first kappa shape index (κ1) is 27.8. The summed E-state index contributed by atoms with van der Waals surface area (Å²) in [7, 11) is 0. The van der Waals surface area contributed by atoms with Crippen molar-refractivity contribution in [2.45, 2.75) is 18.4 Å². The van der Waals surface area contributed by atoms with Crippen LogP contribution in [0.25, 0.3) is 34.5 Å². The Kier molecular flexibility index (Phi) is 8.75. The van der Waals surface area contributed by atoms with Gasteiger partial charge in [-0.15, -0.1) is 11.8 Å². The van der Waals surface area contributed by atoms with Crippen LogP contribution in [0.1, 0.15) is 34.2 Å². The number of hydrogen-bond donors (Lipinski definition) is 1. The lowest BCUT2D eigenvalue weighted by molar-refractivity contribution is 0.0697. The number of aromatic nitrogens is 2. The van der Waals surface area contributed by atoms with E-state index in [1.807, 2.05) is 52.9 Å². The molecular weight excluding hydrogens is 559 g/mol. The van der Waals surface area contributed by atoms with Crippen molar-refractivity contribution in [2.75, 3.05) is 5.75 Å². The summed E-state index contributed by atoms with van der Waals surface area (Å²) in [6.45, 7) is 2.67. The van der Waals surface area contributed by atoms with Gasteiger partial charge in [0.25, 0.3) is 0 Å². The van der Waals surface area contributed by atoms with Gasteiger partial charge in [0.1, 0.15) is 5.82 Å². The van der Waals surface area contributed by atoms with Crippen LogP contribution >= 0.6 is 35.0 Å². The molecule has 1 N–H and O–H groups in total. The van der Waals surface area contributed by atoms with Crippen molar-refractivity contribution in [2.24, 2.45) is 0 Å². The van der Waals surface area contributed by atoms with Gasteiger partial charge in [0.2, 0.25) is 0 Å². The van der Waals surface area contributed by atoms with Crippen molar-refractivity contribution in [3.8, 4) is 22.4 Å². The van der Waals surface area contributed by atoms with E-state index in [2.05, 4.69) is 55.5 Å². The van der Waals surface area contributed by atoms with Crippen LogP contribution in [0.3, 0.4) is 0 Å². The molecule has 0 radical (unpaired) electrons. The van der Waals surface area contributed by atoms with Crippen LogP contribution in [0.2, 0.25) is 10.0 Å². The minimum atomic E-state index is -0.948. The van der Waals surface area contributed by atoms with Gasteiger partial charge in [-0.1, -0.05) is 84.7 Å². The molecule has 0 spiro atoms. The maximum absolute atomic E-state index is 11.3. The van der Waals surface area contributed by atoms with Crippen molar-refractivity contribution in [1.29, 1.82) is 0 Å². The third kappa shape index (κ3) is 6.68. The lowest BCUT2D eigenvalue weighted by Crippen LogP contribution is -2.02. The molecule has 0 aliphatic heterocycles. The predicted octanol–water partition coefficient (Wildman–Crippen LogP) is 9.55. The Balaban J connectivity index is 1.42. The molecule has 0 atom stereocenters. The Bertz CT molecular complexity index is 1660. The molecule has 200 valence electrons. The molecule has 0 fully saturated rings. The van der Waals surface area contributed by atoms with Gasteiger partial charge >= 0.3 is 5.97 Å². The van der Waals surface area contributed by atoms with E-state index in [0.29, 0.717) is 16.6 Å². The van der Waals surface area contributed by atoms with Crippen LogP contribution < -0.4 is 0 Å². The largest absolute Gasteiger partial charge is 0.478 e. The molecule has 40 heavy (non-hydrogen) atoms. The number of benzene rings is 4. The average molecular weight is 586 g/mol. The summed E-state index contributed by atoms with van der Waals surface area (Å²) in [6.07, 6.45) is 5.96. The predicted molar refractivity (Wildman–Crippen MR) is 167 cm³/mol. The number of imidazole rings is 1. The number of carboxylic acid groups (broad SMARTS) is 1. The molecule has 0 saturated carbocycles.